The molecular formula is C7H6N2O. The first-order valence-corrected chi connectivity index (χ1v) is 2.76. The topological polar surface area (TPSA) is 45.8 Å². The number of aromatic nitrogens is 2. The maximum atomic E-state index is 10.5. The molecule has 1 aromatic rings. The molecule has 1 heterocycles. The van der Waals surface area contributed by atoms with Crippen molar-refractivity contribution in [3.63, 3.8) is 0 Å². The second-order valence-corrected chi connectivity index (χ2v) is 1.89. The molecule has 0 atom stereocenters. The molecule has 0 amide bonds. The summed E-state index contributed by atoms with van der Waals surface area (Å²) in [4.78, 5) is 16.4. The molecule has 0 aliphatic carbocycles. The summed E-state index contributed by atoms with van der Waals surface area (Å²) in [6.45, 7) is 1.79. The normalized spacial score (nSPS) is 8.80. The van der Waals surface area contributed by atoms with E-state index in [1.165, 1.54) is 6.20 Å². The van der Waals surface area contributed by atoms with Gasteiger partial charge >= 0.3 is 5.69 Å². The molecule has 1 aromatic heterocycles. The van der Waals surface area contributed by atoms with Gasteiger partial charge in [-0.1, -0.05) is 5.92 Å². The Labute approximate surface area is 58.1 Å². The van der Waals surface area contributed by atoms with Crippen molar-refractivity contribution >= 4 is 0 Å². The zero-order chi connectivity index (χ0) is 7.56. The first kappa shape index (κ1) is 6.56. The van der Waals surface area contributed by atoms with E-state index in [4.69, 9.17) is 6.42 Å². The maximum absolute atomic E-state index is 10.5. The van der Waals surface area contributed by atoms with E-state index in [0.717, 1.165) is 5.56 Å². The third kappa shape index (κ3) is 1.06. The quantitative estimate of drug-likeness (QED) is 0.510. The zero-order valence-corrected chi connectivity index (χ0v) is 5.51. The number of aromatic amines is 1. The molecule has 3 heteroatoms. The second kappa shape index (κ2) is 2.36. The first-order chi connectivity index (χ1) is 4.74. The van der Waals surface area contributed by atoms with E-state index in [0.29, 0.717) is 5.69 Å². The number of hydrogen-bond acceptors (Lipinski definition) is 2. The summed E-state index contributed by atoms with van der Waals surface area (Å²) >= 11 is 0. The molecule has 0 bridgehead atoms. The Morgan fingerprint density at radius 2 is 2.50 bits per heavy atom. The molecule has 0 saturated carbocycles. The van der Waals surface area contributed by atoms with Crippen LogP contribution in [-0.2, 0) is 0 Å². The number of aryl methyl sites for hydroxylation is 1. The highest BCUT2D eigenvalue weighted by Crippen LogP contribution is 1.94. The SMILES string of the molecule is C#Cc1[nH]c(=O)ncc1C. The van der Waals surface area contributed by atoms with Crippen molar-refractivity contribution in [2.24, 2.45) is 0 Å². The van der Waals surface area contributed by atoms with Crippen LogP contribution in [0.5, 0.6) is 0 Å². The van der Waals surface area contributed by atoms with Crippen molar-refractivity contribution in [1.29, 1.82) is 0 Å². The molecule has 0 saturated heterocycles. The summed E-state index contributed by atoms with van der Waals surface area (Å²) in [7, 11) is 0. The predicted octanol–water partition coefficient (Wildman–Crippen LogP) is 0.0596. The maximum Gasteiger partial charge on any atom is 0.345 e. The van der Waals surface area contributed by atoms with E-state index in [1.54, 1.807) is 6.92 Å². The van der Waals surface area contributed by atoms with Crippen LogP contribution in [0.4, 0.5) is 0 Å². The predicted molar refractivity (Wildman–Crippen MR) is 37.5 cm³/mol. The van der Waals surface area contributed by atoms with Crippen molar-refractivity contribution in [2.45, 2.75) is 6.92 Å². The Balaban J connectivity index is 3.40. The van der Waals surface area contributed by atoms with Gasteiger partial charge in [0.25, 0.3) is 0 Å². The Hall–Kier alpha value is -1.56. The highest BCUT2D eigenvalue weighted by atomic mass is 16.1. The van der Waals surface area contributed by atoms with Crippen LogP contribution in [-0.4, -0.2) is 9.97 Å². The Kier molecular flexibility index (Phi) is 1.55. The fraction of sp³-hybridized carbons (Fsp3) is 0.143. The number of rotatable bonds is 0. The van der Waals surface area contributed by atoms with Gasteiger partial charge in [-0.25, -0.2) is 9.78 Å². The van der Waals surface area contributed by atoms with Gasteiger partial charge in [-0.15, -0.1) is 6.42 Å². The van der Waals surface area contributed by atoms with Crippen LogP contribution in [0, 0.1) is 19.3 Å². The Morgan fingerprint density at radius 3 is 3.00 bits per heavy atom. The Bertz CT molecular complexity index is 332. The third-order valence-electron chi connectivity index (χ3n) is 1.15. The Morgan fingerprint density at radius 1 is 1.80 bits per heavy atom. The number of nitrogens with zero attached hydrogens (tertiary/aromatic N) is 1. The standard InChI is InChI=1S/C7H6N2O/c1-3-6-5(2)4-8-7(10)9-6/h1,4H,2H3,(H,8,9,10). The van der Waals surface area contributed by atoms with Crippen LogP contribution < -0.4 is 5.69 Å². The lowest BCUT2D eigenvalue weighted by molar-refractivity contribution is 1.03. The minimum atomic E-state index is -0.404. The van der Waals surface area contributed by atoms with Gasteiger partial charge in [0.2, 0.25) is 0 Å². The van der Waals surface area contributed by atoms with E-state index in [9.17, 15) is 4.79 Å². The van der Waals surface area contributed by atoms with Gasteiger partial charge in [0.05, 0.1) is 5.69 Å². The molecule has 0 fully saturated rings. The van der Waals surface area contributed by atoms with Gasteiger partial charge in [0, 0.05) is 6.20 Å². The van der Waals surface area contributed by atoms with Crippen molar-refractivity contribution in [3.8, 4) is 12.3 Å². The number of H-pyrrole nitrogens is 1. The molecular weight excluding hydrogens is 128 g/mol. The fourth-order valence-electron chi connectivity index (χ4n) is 0.608. The number of terminal acetylenes is 1. The fourth-order valence-corrected chi connectivity index (χ4v) is 0.608. The summed E-state index contributed by atoms with van der Waals surface area (Å²) in [6, 6.07) is 0. The van der Waals surface area contributed by atoms with Gasteiger partial charge in [-0.3, -0.25) is 4.98 Å². The van der Waals surface area contributed by atoms with E-state index in [1.807, 2.05) is 0 Å². The van der Waals surface area contributed by atoms with E-state index in [-0.39, 0.29) is 0 Å². The van der Waals surface area contributed by atoms with Crippen molar-refractivity contribution < 1.29 is 0 Å². The molecule has 0 spiro atoms. The second-order valence-electron chi connectivity index (χ2n) is 1.89. The lowest BCUT2D eigenvalue weighted by Crippen LogP contribution is -2.11. The van der Waals surface area contributed by atoms with Crippen molar-refractivity contribution in [3.05, 3.63) is 27.9 Å². The average molecular weight is 134 g/mol. The largest absolute Gasteiger partial charge is 0.345 e. The summed E-state index contributed by atoms with van der Waals surface area (Å²) in [5.74, 6) is 2.34. The smallest absolute Gasteiger partial charge is 0.299 e. The molecule has 0 radical (unpaired) electrons. The van der Waals surface area contributed by atoms with Crippen LogP contribution in [0.25, 0.3) is 0 Å². The molecule has 50 valence electrons. The first-order valence-electron chi connectivity index (χ1n) is 2.76. The van der Waals surface area contributed by atoms with Crippen molar-refractivity contribution in [1.82, 2.24) is 9.97 Å². The molecule has 10 heavy (non-hydrogen) atoms. The van der Waals surface area contributed by atoms with E-state index in [2.05, 4.69) is 15.9 Å². The monoisotopic (exact) mass is 134 g/mol. The van der Waals surface area contributed by atoms with Gasteiger partial charge in [0.15, 0.2) is 0 Å². The molecule has 3 nitrogen and oxygen atoms in total. The van der Waals surface area contributed by atoms with Gasteiger partial charge in [-0.2, -0.15) is 0 Å². The molecule has 1 rings (SSSR count). The lowest BCUT2D eigenvalue weighted by Gasteiger charge is -1.92. The minimum Gasteiger partial charge on any atom is -0.299 e. The molecule has 0 unspecified atom stereocenters. The molecule has 1 N–H and O–H groups in total. The van der Waals surface area contributed by atoms with E-state index < -0.39 is 5.69 Å². The highest BCUT2D eigenvalue weighted by Gasteiger charge is 1.93. The lowest BCUT2D eigenvalue weighted by atomic mass is 10.3. The van der Waals surface area contributed by atoms with Crippen LogP contribution in [0.15, 0.2) is 11.0 Å². The van der Waals surface area contributed by atoms with Gasteiger partial charge in [0.1, 0.15) is 0 Å². The van der Waals surface area contributed by atoms with Gasteiger partial charge < -0.3 is 0 Å². The van der Waals surface area contributed by atoms with Crippen LogP contribution in [0.1, 0.15) is 11.3 Å². The zero-order valence-electron chi connectivity index (χ0n) is 5.51. The van der Waals surface area contributed by atoms with Crippen LogP contribution in [0.3, 0.4) is 0 Å². The van der Waals surface area contributed by atoms with Crippen molar-refractivity contribution in [2.75, 3.05) is 0 Å². The minimum absolute atomic E-state index is 0.404. The van der Waals surface area contributed by atoms with Gasteiger partial charge in [-0.05, 0) is 12.5 Å². The van der Waals surface area contributed by atoms with E-state index >= 15 is 0 Å². The third-order valence-corrected chi connectivity index (χ3v) is 1.15. The van der Waals surface area contributed by atoms with Crippen LogP contribution >= 0.6 is 0 Å². The average Bonchev–Trinajstić information content (AvgIpc) is 1.94. The highest BCUT2D eigenvalue weighted by molar-refractivity contribution is 5.29. The molecule has 0 aliphatic rings. The summed E-state index contributed by atoms with van der Waals surface area (Å²) < 4.78 is 0. The van der Waals surface area contributed by atoms with Crippen LogP contribution in [0.2, 0.25) is 0 Å². The molecule has 0 aromatic carbocycles. The molecule has 0 aliphatic heterocycles. The summed E-state index contributed by atoms with van der Waals surface area (Å²) in [5.41, 5.74) is 0.903. The summed E-state index contributed by atoms with van der Waals surface area (Å²) in [6.07, 6.45) is 6.52. The summed E-state index contributed by atoms with van der Waals surface area (Å²) in [5, 5.41) is 0. The number of hydrogen-bond donors (Lipinski definition) is 1. The number of nitrogens with one attached hydrogen (secondary N) is 1.